The van der Waals surface area contributed by atoms with Gasteiger partial charge in [0.25, 0.3) is 5.91 Å². The normalized spacial score (nSPS) is 11.8. The number of aryl methyl sites for hydroxylation is 3. The second-order valence-electron chi connectivity index (χ2n) is 5.91. The highest BCUT2D eigenvalue weighted by atomic mass is 19.1. The molecule has 0 aliphatic heterocycles. The second kappa shape index (κ2) is 7.42. The Kier molecular flexibility index (Phi) is 5.51. The summed E-state index contributed by atoms with van der Waals surface area (Å²) >= 11 is 0. The van der Waals surface area contributed by atoms with Gasteiger partial charge in [0, 0.05) is 5.69 Å². The summed E-state index contributed by atoms with van der Waals surface area (Å²) in [6.07, 6.45) is -1.22. The number of hydrogen-bond donors (Lipinski definition) is 1. The van der Waals surface area contributed by atoms with Crippen LogP contribution in [0.5, 0.6) is 0 Å². The summed E-state index contributed by atoms with van der Waals surface area (Å²) in [5, 5.41) is 2.69. The molecule has 0 bridgehead atoms. The van der Waals surface area contributed by atoms with Crippen LogP contribution < -0.4 is 5.32 Å². The number of anilines is 1. The van der Waals surface area contributed by atoms with Crippen LogP contribution in [0.2, 0.25) is 0 Å². The van der Waals surface area contributed by atoms with Crippen molar-refractivity contribution in [3.63, 3.8) is 0 Å². The molecule has 0 radical (unpaired) electrons. The number of amides is 1. The highest BCUT2D eigenvalue weighted by Gasteiger charge is 2.24. The number of ether oxygens (including phenoxy) is 1. The Labute approximate surface area is 144 Å². The summed E-state index contributed by atoms with van der Waals surface area (Å²) in [6, 6.07) is 6.86. The van der Waals surface area contributed by atoms with Crippen molar-refractivity contribution in [2.24, 2.45) is 0 Å². The van der Waals surface area contributed by atoms with Crippen molar-refractivity contribution >= 4 is 17.6 Å². The molecule has 1 atom stereocenters. The predicted molar refractivity (Wildman–Crippen MR) is 90.5 cm³/mol. The molecule has 0 saturated heterocycles. The molecule has 25 heavy (non-hydrogen) atoms. The molecular formula is C19H19F2NO3. The average molecular weight is 347 g/mol. The Morgan fingerprint density at radius 3 is 2.08 bits per heavy atom. The minimum atomic E-state index is -1.23. The lowest BCUT2D eigenvalue weighted by Gasteiger charge is -2.17. The Hall–Kier alpha value is -2.76. The maximum Gasteiger partial charge on any atom is 0.344 e. The summed E-state index contributed by atoms with van der Waals surface area (Å²) < 4.78 is 32.1. The van der Waals surface area contributed by atoms with E-state index in [9.17, 15) is 18.4 Å². The number of hydrogen-bond acceptors (Lipinski definition) is 3. The van der Waals surface area contributed by atoms with Crippen molar-refractivity contribution in [1.29, 1.82) is 0 Å². The van der Waals surface area contributed by atoms with Crippen LogP contribution in [0.1, 0.15) is 34.0 Å². The molecule has 2 aromatic rings. The van der Waals surface area contributed by atoms with Gasteiger partial charge in [0.1, 0.15) is 17.2 Å². The highest BCUT2D eigenvalue weighted by molar-refractivity contribution is 5.98. The molecule has 0 saturated carbocycles. The van der Waals surface area contributed by atoms with E-state index in [1.165, 1.54) is 6.92 Å². The van der Waals surface area contributed by atoms with E-state index < -0.39 is 35.2 Å². The van der Waals surface area contributed by atoms with Gasteiger partial charge in [0.2, 0.25) is 0 Å². The van der Waals surface area contributed by atoms with E-state index in [1.54, 1.807) is 0 Å². The molecule has 1 amide bonds. The standard InChI is InChI=1S/C19H19F2NO3/c1-10-8-11(2)17(12(3)9-10)22-18(23)13(4)25-19(24)16-14(20)6-5-7-15(16)21/h5-9,13H,1-4H3,(H,22,23)/t13-/m0/s1. The summed E-state index contributed by atoms with van der Waals surface area (Å²) in [5.41, 5.74) is 2.59. The van der Waals surface area contributed by atoms with E-state index in [0.29, 0.717) is 5.69 Å². The van der Waals surface area contributed by atoms with Crippen molar-refractivity contribution in [2.75, 3.05) is 5.32 Å². The highest BCUT2D eigenvalue weighted by Crippen LogP contribution is 2.22. The molecule has 0 heterocycles. The van der Waals surface area contributed by atoms with Crippen molar-refractivity contribution in [3.8, 4) is 0 Å². The third kappa shape index (κ3) is 4.21. The zero-order valence-corrected chi connectivity index (χ0v) is 14.4. The van der Waals surface area contributed by atoms with Gasteiger partial charge in [0.05, 0.1) is 0 Å². The molecule has 0 aliphatic carbocycles. The van der Waals surface area contributed by atoms with Gasteiger partial charge in [-0.15, -0.1) is 0 Å². The Morgan fingerprint density at radius 1 is 1.04 bits per heavy atom. The van der Waals surface area contributed by atoms with E-state index in [4.69, 9.17) is 4.74 Å². The topological polar surface area (TPSA) is 55.4 Å². The molecule has 0 spiro atoms. The molecule has 2 rings (SSSR count). The maximum absolute atomic E-state index is 13.6. The molecular weight excluding hydrogens is 328 g/mol. The van der Waals surface area contributed by atoms with Gasteiger partial charge < -0.3 is 10.1 Å². The SMILES string of the molecule is Cc1cc(C)c(NC(=O)[C@H](C)OC(=O)c2c(F)cccc2F)c(C)c1. The van der Waals surface area contributed by atoms with Crippen LogP contribution in [0.15, 0.2) is 30.3 Å². The molecule has 0 aliphatic rings. The number of esters is 1. The predicted octanol–water partition coefficient (Wildman–Crippen LogP) is 4.07. The minimum Gasteiger partial charge on any atom is -0.449 e. The summed E-state index contributed by atoms with van der Waals surface area (Å²) in [5.74, 6) is -3.89. The zero-order valence-electron chi connectivity index (χ0n) is 14.4. The lowest BCUT2D eigenvalue weighted by molar-refractivity contribution is -0.123. The molecule has 0 unspecified atom stereocenters. The number of carbonyl (C=O) groups is 2. The molecule has 4 nitrogen and oxygen atoms in total. The molecule has 0 fully saturated rings. The molecule has 0 aromatic heterocycles. The van der Waals surface area contributed by atoms with Crippen LogP contribution in [-0.2, 0) is 9.53 Å². The Balaban J connectivity index is 2.12. The van der Waals surface area contributed by atoms with Gasteiger partial charge >= 0.3 is 5.97 Å². The quantitative estimate of drug-likeness (QED) is 0.848. The van der Waals surface area contributed by atoms with Gasteiger partial charge in [-0.1, -0.05) is 23.8 Å². The van der Waals surface area contributed by atoms with E-state index in [1.807, 2.05) is 32.9 Å². The third-order valence-corrected chi connectivity index (χ3v) is 3.75. The first-order valence-corrected chi connectivity index (χ1v) is 7.74. The van der Waals surface area contributed by atoms with Gasteiger partial charge in [-0.05, 0) is 51.0 Å². The number of carbonyl (C=O) groups excluding carboxylic acids is 2. The fraction of sp³-hybridized carbons (Fsp3) is 0.263. The first-order chi connectivity index (χ1) is 11.7. The molecule has 6 heteroatoms. The van der Waals surface area contributed by atoms with Crippen molar-refractivity contribution in [3.05, 3.63) is 64.2 Å². The first-order valence-electron chi connectivity index (χ1n) is 7.74. The van der Waals surface area contributed by atoms with Crippen LogP contribution in [0.4, 0.5) is 14.5 Å². The fourth-order valence-electron chi connectivity index (χ4n) is 2.57. The number of rotatable bonds is 4. The minimum absolute atomic E-state index is 0.583. The molecule has 1 N–H and O–H groups in total. The van der Waals surface area contributed by atoms with Gasteiger partial charge in [-0.25, -0.2) is 13.6 Å². The number of nitrogens with one attached hydrogen (secondary N) is 1. The van der Waals surface area contributed by atoms with Crippen LogP contribution in [-0.4, -0.2) is 18.0 Å². The van der Waals surface area contributed by atoms with Crippen LogP contribution in [0.25, 0.3) is 0 Å². The summed E-state index contributed by atoms with van der Waals surface area (Å²) in [6.45, 7) is 6.98. The molecule has 2 aromatic carbocycles. The van der Waals surface area contributed by atoms with Crippen molar-refractivity contribution in [1.82, 2.24) is 0 Å². The average Bonchev–Trinajstić information content (AvgIpc) is 2.50. The van der Waals surface area contributed by atoms with Gasteiger partial charge in [-0.2, -0.15) is 0 Å². The lowest BCUT2D eigenvalue weighted by atomic mass is 10.0. The Morgan fingerprint density at radius 2 is 1.56 bits per heavy atom. The van der Waals surface area contributed by atoms with E-state index in [2.05, 4.69) is 5.32 Å². The number of benzene rings is 2. The van der Waals surface area contributed by atoms with Crippen LogP contribution in [0.3, 0.4) is 0 Å². The lowest BCUT2D eigenvalue weighted by Crippen LogP contribution is -2.31. The van der Waals surface area contributed by atoms with Crippen LogP contribution >= 0.6 is 0 Å². The monoisotopic (exact) mass is 347 g/mol. The van der Waals surface area contributed by atoms with E-state index >= 15 is 0 Å². The Bertz CT molecular complexity index is 790. The largest absolute Gasteiger partial charge is 0.449 e. The fourth-order valence-corrected chi connectivity index (χ4v) is 2.57. The first kappa shape index (κ1) is 18.6. The van der Waals surface area contributed by atoms with Crippen molar-refractivity contribution in [2.45, 2.75) is 33.8 Å². The summed E-state index contributed by atoms with van der Waals surface area (Å²) in [7, 11) is 0. The van der Waals surface area contributed by atoms with Gasteiger partial charge in [0.15, 0.2) is 6.10 Å². The smallest absolute Gasteiger partial charge is 0.344 e. The van der Waals surface area contributed by atoms with Gasteiger partial charge in [-0.3, -0.25) is 4.79 Å². The third-order valence-electron chi connectivity index (χ3n) is 3.75. The van der Waals surface area contributed by atoms with E-state index in [-0.39, 0.29) is 0 Å². The maximum atomic E-state index is 13.6. The van der Waals surface area contributed by atoms with Crippen LogP contribution in [0, 0.1) is 32.4 Å². The second-order valence-corrected chi connectivity index (χ2v) is 5.91. The summed E-state index contributed by atoms with van der Waals surface area (Å²) in [4.78, 5) is 24.2. The zero-order chi connectivity index (χ0) is 18.7. The number of halogens is 2. The van der Waals surface area contributed by atoms with E-state index in [0.717, 1.165) is 34.9 Å². The van der Waals surface area contributed by atoms with Crippen molar-refractivity contribution < 1.29 is 23.1 Å². The molecule has 132 valence electrons.